The number of imidazole rings is 1. The Bertz CT molecular complexity index is 5180. The zero-order valence-electron chi connectivity index (χ0n) is 80.6. The molecule has 0 spiro atoms. The number of carbonyl (C=O) groups is 21. The van der Waals surface area contributed by atoms with Crippen molar-refractivity contribution in [1.82, 2.24) is 116 Å². The molecule has 57 nitrogen and oxygen atoms in total. The summed E-state index contributed by atoms with van der Waals surface area (Å²) in [5.74, 6) is -24.8. The van der Waals surface area contributed by atoms with Gasteiger partial charge in [-0.3, -0.25) is 107 Å². The van der Waals surface area contributed by atoms with Gasteiger partial charge in [-0.2, -0.15) is 0 Å². The minimum absolute atomic E-state index is 0.00677. The lowest BCUT2D eigenvalue weighted by Gasteiger charge is -2.32. The number of para-hydroxylation sites is 1. The molecule has 4 aromatic rings. The summed E-state index contributed by atoms with van der Waals surface area (Å²) < 4.78 is 0. The van der Waals surface area contributed by atoms with Crippen LogP contribution in [0.25, 0.3) is 10.9 Å². The topological polar surface area (TPSA) is 948 Å². The Balaban J connectivity index is 1.27. The van der Waals surface area contributed by atoms with Crippen molar-refractivity contribution in [2.75, 3.05) is 46.0 Å². The first-order valence-electron chi connectivity index (χ1n) is 46.3. The number of primary amides is 3. The van der Waals surface area contributed by atoms with Gasteiger partial charge in [-0.1, -0.05) is 62.4 Å². The number of H-pyrrole nitrogens is 2. The minimum atomic E-state index is -1.96. The van der Waals surface area contributed by atoms with Gasteiger partial charge in [0.1, 0.15) is 103 Å². The number of guanidine groups is 2. The third-order valence-electron chi connectivity index (χ3n) is 22.5. The Morgan fingerprint density at radius 3 is 1.39 bits per heavy atom. The minimum Gasteiger partial charge on any atom is -0.480 e. The Kier molecular flexibility index (Phi) is 49.5. The van der Waals surface area contributed by atoms with Crippen LogP contribution in [0.4, 0.5) is 0 Å². The molecule has 1 aliphatic rings. The zero-order chi connectivity index (χ0) is 108. The molecule has 0 aliphatic carbocycles. The summed E-state index contributed by atoms with van der Waals surface area (Å²) in [6, 6.07) is -14.1. The second kappa shape index (κ2) is 60.0. The molecule has 145 heavy (non-hydrogen) atoms. The van der Waals surface area contributed by atoms with Crippen molar-refractivity contribution in [3.63, 3.8) is 0 Å². The van der Waals surface area contributed by atoms with E-state index in [1.165, 1.54) is 18.7 Å². The summed E-state index contributed by atoms with van der Waals surface area (Å²) in [5.41, 5.74) is 34.3. The second-order valence-electron chi connectivity index (χ2n) is 34.9. The summed E-state index contributed by atoms with van der Waals surface area (Å²) in [4.78, 5) is 298. The number of aliphatic hydroxyl groups is 5. The van der Waals surface area contributed by atoms with Gasteiger partial charge in [-0.15, -0.1) is 0 Å². The summed E-state index contributed by atoms with van der Waals surface area (Å²) in [6.45, 7) is 3.60. The van der Waals surface area contributed by atoms with E-state index in [2.05, 4.69) is 111 Å². The Morgan fingerprint density at radius 2 is 0.890 bits per heavy atom. The number of aromatic nitrogens is 3. The van der Waals surface area contributed by atoms with E-state index in [9.17, 15) is 131 Å². The van der Waals surface area contributed by atoms with Crippen LogP contribution < -0.4 is 130 Å². The van der Waals surface area contributed by atoms with Gasteiger partial charge in [0.05, 0.1) is 51.3 Å². The Hall–Kier alpha value is -15.6. The van der Waals surface area contributed by atoms with E-state index in [0.29, 0.717) is 22.0 Å². The molecule has 5 rings (SSSR count). The van der Waals surface area contributed by atoms with Crippen molar-refractivity contribution in [3.05, 3.63) is 90.1 Å². The maximum atomic E-state index is 14.7. The molecule has 3 heterocycles. The number of amides is 20. The number of nitrogens with two attached hydrogens (primary N) is 6. The van der Waals surface area contributed by atoms with Crippen molar-refractivity contribution in [1.29, 1.82) is 10.8 Å². The van der Waals surface area contributed by atoms with Crippen molar-refractivity contribution < 1.29 is 131 Å². The third kappa shape index (κ3) is 40.7. The number of carboxylic acids is 1. The standard InChI is InChI=1S/C88H134N30O27/c1-41(2)29-56(111-79(137)59(32-48-35-97-40-102-48)110-71(129)43(4)103-70(128)42(3)104-81(139)61(38-120)114-75(133)54(22-24-64(90)124)108-80(138)60(33-66(92)126)112-78(136)58(105-67(127)36-101-72(130)50(89)37-119)31-47-34-100-51-18-11-10-17-49(47)51)76(134)115-62(39-121)82(140)117-69(45(6)123)85(143)118-28-14-21-63(118)83(141)116-68(44(5)122)84(142)113-57(30-46-15-8-7-9-16-46)77(135)107-52(19-12-26-98-87(93)94)73(131)106-53(20-13-27-99-88(95)96)74(132)109-55(86(144)145)23-25-65(91)125/h7-11,15-18,34-35,40-45,50,52-63,68-69,100,119-123H,12-14,19-33,36-39,89H2,1-6H3,(H2,90,124)(H2,91,125)(H2,92,126)(H,97,102)(H,101,130)(H,103,128)(H,104,139)(H,105,127)(H,106,131)(H,107,135)(H,108,138)(H,109,132)(H,110,129)(H,111,137)(H,112,136)(H,113,142)(H,114,133)(H,115,134)(H,116,141)(H,117,140)(H,144,145)(H4,93,94,98)(H4,95,96,99)/t42-,43-,44+,45+,50-,52-,53-,54-,55-,56-,57-,58-,59-,60-,61-,62-,63-,68-,69-/m0/s1. The molecular weight excluding hydrogens is 1910 g/mol. The van der Waals surface area contributed by atoms with E-state index >= 15 is 0 Å². The number of benzene rings is 2. The first kappa shape index (κ1) is 120. The number of nitrogens with zero attached hydrogens (tertiary/aromatic N) is 2. The molecule has 0 unspecified atom stereocenters. The number of rotatable bonds is 63. The van der Waals surface area contributed by atoms with E-state index in [0.717, 1.165) is 32.6 Å². The van der Waals surface area contributed by atoms with Gasteiger partial charge < -0.3 is 176 Å². The molecule has 2 aromatic heterocycles. The second-order valence-corrected chi connectivity index (χ2v) is 34.9. The highest BCUT2D eigenvalue weighted by molar-refractivity contribution is 6.03. The van der Waals surface area contributed by atoms with E-state index < -0.39 is 315 Å². The fraction of sp³-hybridized carbons (Fsp3) is 0.545. The lowest BCUT2D eigenvalue weighted by atomic mass is 10.0. The summed E-state index contributed by atoms with van der Waals surface area (Å²) in [5, 5.41) is 121. The lowest BCUT2D eigenvalue weighted by molar-refractivity contribution is -0.145. The van der Waals surface area contributed by atoms with E-state index in [-0.39, 0.29) is 89.5 Å². The number of hydrogen-bond donors (Lipinski definition) is 34. The SMILES string of the molecule is CC(C)C[C@H](NC(=O)[C@H](Cc1cnc[nH]1)NC(=O)[C@H](C)NC(=O)[C@H](C)NC(=O)[C@H](CO)NC(=O)[C@H](CCC(N)=O)NC(=O)[C@H](CC(N)=O)NC(=O)[C@H](Cc1c[nH]c2ccccc12)NC(=O)CNC(=O)[C@@H](N)CO)C(=O)N[C@@H](CO)C(=O)N[C@H](C(=O)N1CCC[C@H]1C(=O)N[C@H](C(=O)N[C@@H](Cc1ccccc1)C(=O)N[C@@H](CCCNC(=N)N)C(=O)N[C@@H](CCCNC(=N)N)C(=O)N[C@@H](CCC(N)=O)C(=O)O)[C@@H](C)O)[C@@H](C)O. The molecule has 0 bridgehead atoms. The molecule has 2 aromatic carbocycles. The first-order chi connectivity index (χ1) is 68.4. The number of fused-ring (bicyclic) bond motifs is 1. The molecule has 798 valence electrons. The molecule has 0 radical (unpaired) electrons. The van der Waals surface area contributed by atoms with E-state index in [4.69, 9.17) is 45.2 Å². The predicted octanol–water partition coefficient (Wildman–Crippen LogP) is -13.5. The molecule has 1 aliphatic heterocycles. The van der Waals surface area contributed by atoms with Gasteiger partial charge >= 0.3 is 5.97 Å². The largest absolute Gasteiger partial charge is 0.480 e. The first-order valence-corrected chi connectivity index (χ1v) is 46.3. The molecule has 1 saturated heterocycles. The molecule has 20 amide bonds. The molecule has 0 saturated carbocycles. The van der Waals surface area contributed by atoms with Crippen LogP contribution in [-0.4, -0.2) is 347 Å². The van der Waals surface area contributed by atoms with Crippen molar-refractivity contribution >= 4 is 147 Å². The normalized spacial score (nSPS) is 15.9. The smallest absolute Gasteiger partial charge is 0.326 e. The molecule has 19 atom stereocenters. The fourth-order valence-corrected chi connectivity index (χ4v) is 14.7. The van der Waals surface area contributed by atoms with Gasteiger partial charge in [0.25, 0.3) is 0 Å². The van der Waals surface area contributed by atoms with Gasteiger partial charge in [0.2, 0.25) is 118 Å². The third-order valence-corrected chi connectivity index (χ3v) is 22.5. The highest BCUT2D eigenvalue weighted by Crippen LogP contribution is 2.23. The number of aliphatic hydroxyl groups excluding tert-OH is 5. The number of carboxylic acid groups (broad SMARTS) is 1. The van der Waals surface area contributed by atoms with E-state index in [1.807, 2.05) is 0 Å². The Labute approximate surface area is 830 Å². The van der Waals surface area contributed by atoms with Crippen molar-refractivity contribution in [2.45, 2.75) is 253 Å². The number of carbonyl (C=O) groups excluding carboxylic acids is 20. The van der Waals surface area contributed by atoms with Crippen LogP contribution in [0, 0.1) is 16.7 Å². The summed E-state index contributed by atoms with van der Waals surface area (Å²) in [7, 11) is 0. The van der Waals surface area contributed by atoms with Crippen LogP contribution in [0.3, 0.4) is 0 Å². The number of aliphatic carboxylic acids is 1. The maximum absolute atomic E-state index is 14.7. The molecular formula is C88H134N30O27. The number of aromatic amines is 2. The predicted molar refractivity (Wildman–Crippen MR) is 511 cm³/mol. The van der Waals surface area contributed by atoms with Gasteiger partial charge in [0, 0.05) is 80.7 Å². The van der Waals surface area contributed by atoms with Gasteiger partial charge in [-0.25, -0.2) is 9.78 Å². The number of nitrogens with one attached hydrogen (secondary N) is 22. The average molecular weight is 2040 g/mol. The van der Waals surface area contributed by atoms with Crippen molar-refractivity contribution in [2.24, 2.45) is 40.3 Å². The van der Waals surface area contributed by atoms with Crippen molar-refractivity contribution in [3.8, 4) is 0 Å². The number of likely N-dealkylation sites (tertiary alicyclic amines) is 1. The van der Waals surface area contributed by atoms with Crippen LogP contribution in [0.2, 0.25) is 0 Å². The summed E-state index contributed by atoms with van der Waals surface area (Å²) >= 11 is 0. The molecule has 57 heteroatoms. The monoisotopic (exact) mass is 2040 g/mol. The van der Waals surface area contributed by atoms with Crippen LogP contribution in [0.15, 0.2) is 73.3 Å². The van der Waals surface area contributed by atoms with Gasteiger partial charge in [0.15, 0.2) is 11.9 Å². The Morgan fingerprint density at radius 1 is 0.448 bits per heavy atom. The molecule has 40 N–H and O–H groups in total. The molecule has 1 fully saturated rings. The fourth-order valence-electron chi connectivity index (χ4n) is 14.7. The highest BCUT2D eigenvalue weighted by Gasteiger charge is 2.44. The lowest BCUT2D eigenvalue weighted by Crippen LogP contribution is -2.63. The number of hydrogen-bond acceptors (Lipinski definition) is 30. The summed E-state index contributed by atoms with van der Waals surface area (Å²) in [6.07, 6.45) is -4.19. The zero-order valence-corrected chi connectivity index (χ0v) is 80.6. The van der Waals surface area contributed by atoms with Crippen LogP contribution in [-0.2, 0) is 120 Å². The quantitative estimate of drug-likeness (QED) is 0.0111. The van der Waals surface area contributed by atoms with E-state index in [1.54, 1.807) is 68.4 Å². The average Bonchev–Trinajstić information content (AvgIpc) is 1.75. The van der Waals surface area contributed by atoms with Crippen LogP contribution in [0.1, 0.15) is 135 Å². The highest BCUT2D eigenvalue weighted by atomic mass is 16.4. The maximum Gasteiger partial charge on any atom is 0.326 e. The van der Waals surface area contributed by atoms with Gasteiger partial charge in [-0.05, 0) is 109 Å². The van der Waals surface area contributed by atoms with Crippen LogP contribution >= 0.6 is 0 Å². The van der Waals surface area contributed by atoms with Crippen LogP contribution in [0.5, 0.6) is 0 Å².